The van der Waals surface area contributed by atoms with Crippen LogP contribution in [0.3, 0.4) is 0 Å². The summed E-state index contributed by atoms with van der Waals surface area (Å²) in [4.78, 5) is 11.0. The van der Waals surface area contributed by atoms with E-state index < -0.39 is 11.7 Å². The molecule has 0 atom stereocenters. The first-order chi connectivity index (χ1) is 11.7. The van der Waals surface area contributed by atoms with Crippen LogP contribution in [0.25, 0.3) is 10.9 Å². The molecule has 2 aromatic carbocycles. The molecule has 0 bridgehead atoms. The Morgan fingerprint density at radius 3 is 2.60 bits per heavy atom. The Morgan fingerprint density at radius 2 is 1.96 bits per heavy atom. The molecule has 0 aliphatic rings. The van der Waals surface area contributed by atoms with E-state index in [1.807, 2.05) is 0 Å². The second-order valence-corrected chi connectivity index (χ2v) is 6.36. The fraction of sp³-hybridized carbons (Fsp3) is 0.176. The lowest BCUT2D eigenvalue weighted by Crippen LogP contribution is -2.07. The molecule has 0 saturated heterocycles. The summed E-state index contributed by atoms with van der Waals surface area (Å²) in [5.41, 5.74) is 1.03. The molecule has 0 amide bonds. The van der Waals surface area contributed by atoms with Gasteiger partial charge in [0, 0.05) is 21.5 Å². The van der Waals surface area contributed by atoms with Gasteiger partial charge >= 0.3 is 6.18 Å². The lowest BCUT2D eigenvalue weighted by atomic mass is 10.1. The number of aldehydes is 1. The number of fused-ring (bicyclic) bond motifs is 1. The van der Waals surface area contributed by atoms with Gasteiger partial charge in [0.2, 0.25) is 0 Å². The van der Waals surface area contributed by atoms with Gasteiger partial charge in [-0.3, -0.25) is 9.48 Å². The van der Waals surface area contributed by atoms with Gasteiger partial charge in [-0.2, -0.15) is 18.3 Å². The number of alkyl halides is 3. The maximum absolute atomic E-state index is 12.9. The van der Waals surface area contributed by atoms with E-state index in [2.05, 4.69) is 5.10 Å². The third-order valence-corrected chi connectivity index (χ3v) is 4.70. The van der Waals surface area contributed by atoms with Crippen LogP contribution in [0.2, 0.25) is 10.0 Å². The number of carbonyl (C=O) groups excluding carboxylic acids is 1. The van der Waals surface area contributed by atoms with Gasteiger partial charge in [-0.25, -0.2) is 0 Å². The minimum absolute atomic E-state index is 0.134. The van der Waals surface area contributed by atoms with E-state index in [1.165, 1.54) is 16.9 Å². The van der Waals surface area contributed by atoms with Gasteiger partial charge in [-0.15, -0.1) is 0 Å². The van der Waals surface area contributed by atoms with Crippen LogP contribution >= 0.6 is 23.2 Å². The smallest absolute Gasteiger partial charge is 0.298 e. The topological polar surface area (TPSA) is 34.9 Å². The van der Waals surface area contributed by atoms with E-state index in [9.17, 15) is 18.0 Å². The zero-order valence-electron chi connectivity index (χ0n) is 12.9. The summed E-state index contributed by atoms with van der Waals surface area (Å²) in [6.07, 6.45) is -2.45. The Labute approximate surface area is 151 Å². The SMILES string of the molecule is Cc1cc(C(F)(F)F)cc2cnn(Cc3c(Cl)ccc(C=O)c3Cl)c12. The van der Waals surface area contributed by atoms with Gasteiger partial charge in [0.15, 0.2) is 6.29 Å². The molecular weight excluding hydrogens is 376 g/mol. The summed E-state index contributed by atoms with van der Waals surface area (Å²) < 4.78 is 40.4. The second-order valence-electron chi connectivity index (χ2n) is 5.58. The summed E-state index contributed by atoms with van der Waals surface area (Å²) in [5, 5.41) is 5.08. The predicted octanol–water partition coefficient (Wildman–Crippen LogP) is 5.53. The fourth-order valence-electron chi connectivity index (χ4n) is 2.73. The number of aryl methyl sites for hydroxylation is 1. The van der Waals surface area contributed by atoms with E-state index in [1.54, 1.807) is 13.0 Å². The molecule has 0 aliphatic heterocycles. The average molecular weight is 387 g/mol. The maximum atomic E-state index is 12.9. The first kappa shape index (κ1) is 17.8. The monoisotopic (exact) mass is 386 g/mol. The Bertz CT molecular complexity index is 980. The quantitative estimate of drug-likeness (QED) is 0.554. The van der Waals surface area contributed by atoms with Crippen LogP contribution in [0.5, 0.6) is 0 Å². The summed E-state index contributed by atoms with van der Waals surface area (Å²) in [5.74, 6) is 0. The van der Waals surface area contributed by atoms with Gasteiger partial charge in [0.05, 0.1) is 28.8 Å². The molecular formula is C17H11Cl2F3N2O. The Morgan fingerprint density at radius 1 is 1.24 bits per heavy atom. The first-order valence-electron chi connectivity index (χ1n) is 7.17. The Balaban J connectivity index is 2.12. The summed E-state index contributed by atoms with van der Waals surface area (Å²) in [6, 6.07) is 5.18. The second kappa shape index (κ2) is 6.35. The van der Waals surface area contributed by atoms with Crippen LogP contribution in [0.1, 0.15) is 27.0 Å². The van der Waals surface area contributed by atoms with Crippen molar-refractivity contribution in [1.29, 1.82) is 0 Å². The highest BCUT2D eigenvalue weighted by Crippen LogP contribution is 2.34. The largest absolute Gasteiger partial charge is 0.416 e. The average Bonchev–Trinajstić information content (AvgIpc) is 2.94. The number of halogens is 5. The number of hydrogen-bond donors (Lipinski definition) is 0. The number of aromatic nitrogens is 2. The van der Waals surface area contributed by atoms with Gasteiger partial charge in [-0.05, 0) is 36.8 Å². The van der Waals surface area contributed by atoms with Gasteiger partial charge in [0.25, 0.3) is 0 Å². The third-order valence-electron chi connectivity index (χ3n) is 3.90. The van der Waals surface area contributed by atoms with Crippen molar-refractivity contribution in [1.82, 2.24) is 9.78 Å². The van der Waals surface area contributed by atoms with Crippen molar-refractivity contribution in [3.05, 3.63) is 62.8 Å². The van der Waals surface area contributed by atoms with Gasteiger partial charge in [-0.1, -0.05) is 23.2 Å². The molecule has 3 nitrogen and oxygen atoms in total. The minimum Gasteiger partial charge on any atom is -0.298 e. The highest BCUT2D eigenvalue weighted by atomic mass is 35.5. The molecule has 1 heterocycles. The molecule has 130 valence electrons. The Hall–Kier alpha value is -2.05. The van der Waals surface area contributed by atoms with Crippen molar-refractivity contribution in [2.45, 2.75) is 19.6 Å². The molecule has 3 aromatic rings. The zero-order chi connectivity index (χ0) is 18.4. The van der Waals surface area contributed by atoms with Crippen molar-refractivity contribution in [2.24, 2.45) is 0 Å². The Kier molecular flexibility index (Phi) is 4.51. The molecule has 25 heavy (non-hydrogen) atoms. The lowest BCUT2D eigenvalue weighted by Gasteiger charge is -2.12. The van der Waals surface area contributed by atoms with Crippen LogP contribution in [0.15, 0.2) is 30.5 Å². The first-order valence-corrected chi connectivity index (χ1v) is 7.93. The van der Waals surface area contributed by atoms with Crippen molar-refractivity contribution < 1.29 is 18.0 Å². The highest BCUT2D eigenvalue weighted by molar-refractivity contribution is 6.37. The van der Waals surface area contributed by atoms with E-state index in [4.69, 9.17) is 23.2 Å². The van der Waals surface area contributed by atoms with Crippen molar-refractivity contribution in [2.75, 3.05) is 0 Å². The zero-order valence-corrected chi connectivity index (χ0v) is 14.4. The van der Waals surface area contributed by atoms with Crippen LogP contribution < -0.4 is 0 Å². The van der Waals surface area contributed by atoms with Crippen molar-refractivity contribution in [3.8, 4) is 0 Å². The number of carbonyl (C=O) groups is 1. The van der Waals surface area contributed by atoms with Crippen LogP contribution in [0, 0.1) is 6.92 Å². The highest BCUT2D eigenvalue weighted by Gasteiger charge is 2.31. The van der Waals surface area contributed by atoms with Gasteiger partial charge in [0.1, 0.15) is 0 Å². The van der Waals surface area contributed by atoms with E-state index in [-0.39, 0.29) is 17.1 Å². The number of rotatable bonds is 3. The molecule has 8 heteroatoms. The van der Waals surface area contributed by atoms with E-state index >= 15 is 0 Å². The van der Waals surface area contributed by atoms with Crippen LogP contribution in [0.4, 0.5) is 13.2 Å². The normalized spacial score (nSPS) is 11.9. The summed E-state index contributed by atoms with van der Waals surface area (Å²) in [6.45, 7) is 1.72. The molecule has 3 rings (SSSR count). The molecule has 1 aromatic heterocycles. The maximum Gasteiger partial charge on any atom is 0.416 e. The van der Waals surface area contributed by atoms with E-state index in [0.29, 0.717) is 33.3 Å². The van der Waals surface area contributed by atoms with E-state index in [0.717, 1.165) is 12.1 Å². The number of nitrogens with zero attached hydrogens (tertiary/aromatic N) is 2. The van der Waals surface area contributed by atoms with Gasteiger partial charge < -0.3 is 0 Å². The van der Waals surface area contributed by atoms with Crippen LogP contribution in [-0.2, 0) is 12.7 Å². The van der Waals surface area contributed by atoms with Crippen molar-refractivity contribution in [3.63, 3.8) is 0 Å². The summed E-state index contributed by atoms with van der Waals surface area (Å²) in [7, 11) is 0. The molecule has 0 fully saturated rings. The predicted molar refractivity (Wildman–Crippen MR) is 90.4 cm³/mol. The standard InChI is InChI=1S/C17H11Cl2F3N2O/c1-9-4-12(17(20,21)22)5-11-6-23-24(16(9)11)7-13-14(18)3-2-10(8-25)15(13)19/h2-6,8H,7H2,1H3. The van der Waals surface area contributed by atoms with Crippen molar-refractivity contribution >= 4 is 40.4 Å². The summed E-state index contributed by atoms with van der Waals surface area (Å²) >= 11 is 12.4. The molecule has 0 spiro atoms. The van der Waals surface area contributed by atoms with Crippen LogP contribution in [-0.4, -0.2) is 16.1 Å². The molecule has 0 unspecified atom stereocenters. The number of benzene rings is 2. The fourth-order valence-corrected chi connectivity index (χ4v) is 3.27. The molecule has 0 N–H and O–H groups in total. The number of hydrogen-bond acceptors (Lipinski definition) is 2. The third kappa shape index (κ3) is 3.24. The lowest BCUT2D eigenvalue weighted by molar-refractivity contribution is -0.137. The molecule has 0 saturated carbocycles. The minimum atomic E-state index is -4.42. The molecule has 0 radical (unpaired) electrons. The molecule has 0 aliphatic carbocycles.